The SMILES string of the molecule is Cc1nn(-c2ccccc2)c(C)c1CCNC(=O)NC1CCCCC1. The van der Waals surface area contributed by atoms with E-state index in [1.807, 2.05) is 29.8 Å². The van der Waals surface area contributed by atoms with E-state index in [0.717, 1.165) is 36.3 Å². The second kappa shape index (κ2) is 8.19. The monoisotopic (exact) mass is 340 g/mol. The van der Waals surface area contributed by atoms with Crippen molar-refractivity contribution in [2.24, 2.45) is 0 Å². The number of amides is 2. The molecule has 5 nitrogen and oxygen atoms in total. The number of aryl methyl sites for hydroxylation is 1. The van der Waals surface area contributed by atoms with Gasteiger partial charge < -0.3 is 10.6 Å². The zero-order valence-electron chi connectivity index (χ0n) is 15.2. The van der Waals surface area contributed by atoms with Crippen LogP contribution in [0.15, 0.2) is 30.3 Å². The van der Waals surface area contributed by atoms with E-state index in [1.54, 1.807) is 0 Å². The van der Waals surface area contributed by atoms with Gasteiger partial charge in [0.2, 0.25) is 0 Å². The molecule has 3 rings (SSSR count). The lowest BCUT2D eigenvalue weighted by Crippen LogP contribution is -2.43. The fourth-order valence-corrected chi connectivity index (χ4v) is 3.64. The Morgan fingerprint density at radius 3 is 2.60 bits per heavy atom. The van der Waals surface area contributed by atoms with Crippen LogP contribution in [-0.2, 0) is 6.42 Å². The molecule has 0 bridgehead atoms. The fraction of sp³-hybridized carbons (Fsp3) is 0.500. The molecule has 25 heavy (non-hydrogen) atoms. The molecular weight excluding hydrogens is 312 g/mol. The van der Waals surface area contributed by atoms with Crippen molar-refractivity contribution in [3.8, 4) is 5.69 Å². The van der Waals surface area contributed by atoms with Gasteiger partial charge in [0.05, 0.1) is 11.4 Å². The van der Waals surface area contributed by atoms with Crippen LogP contribution >= 0.6 is 0 Å². The van der Waals surface area contributed by atoms with Crippen molar-refractivity contribution in [2.75, 3.05) is 6.54 Å². The molecule has 2 amide bonds. The standard InChI is InChI=1S/C20H28N4O/c1-15-19(16(2)24(23-15)18-11-7-4-8-12-18)13-14-21-20(25)22-17-9-5-3-6-10-17/h4,7-8,11-12,17H,3,5-6,9-10,13-14H2,1-2H3,(H2,21,22,25). The molecule has 1 aromatic carbocycles. The number of rotatable bonds is 5. The van der Waals surface area contributed by atoms with E-state index in [2.05, 4.69) is 34.8 Å². The number of hydrogen-bond donors (Lipinski definition) is 2. The van der Waals surface area contributed by atoms with Gasteiger partial charge in [-0.25, -0.2) is 9.48 Å². The Morgan fingerprint density at radius 1 is 1.16 bits per heavy atom. The molecule has 1 aliphatic carbocycles. The lowest BCUT2D eigenvalue weighted by Gasteiger charge is -2.22. The van der Waals surface area contributed by atoms with Gasteiger partial charge in [-0.15, -0.1) is 0 Å². The van der Waals surface area contributed by atoms with Crippen LogP contribution in [0.5, 0.6) is 0 Å². The van der Waals surface area contributed by atoms with Crippen molar-refractivity contribution < 1.29 is 4.79 Å². The van der Waals surface area contributed by atoms with E-state index in [1.165, 1.54) is 24.8 Å². The number of para-hydroxylation sites is 1. The van der Waals surface area contributed by atoms with Crippen molar-refractivity contribution in [3.05, 3.63) is 47.3 Å². The third kappa shape index (κ3) is 4.41. The van der Waals surface area contributed by atoms with Gasteiger partial charge in [-0.05, 0) is 50.8 Å². The van der Waals surface area contributed by atoms with Crippen LogP contribution in [0.1, 0.15) is 49.1 Å². The molecule has 2 N–H and O–H groups in total. The number of benzene rings is 1. The first kappa shape index (κ1) is 17.5. The van der Waals surface area contributed by atoms with E-state index < -0.39 is 0 Å². The first-order chi connectivity index (χ1) is 12.1. The quantitative estimate of drug-likeness (QED) is 0.872. The van der Waals surface area contributed by atoms with Gasteiger partial charge in [-0.1, -0.05) is 37.5 Å². The van der Waals surface area contributed by atoms with Gasteiger partial charge in [0.15, 0.2) is 0 Å². The molecule has 1 heterocycles. The highest BCUT2D eigenvalue weighted by atomic mass is 16.2. The highest BCUT2D eigenvalue weighted by Gasteiger charge is 2.16. The largest absolute Gasteiger partial charge is 0.338 e. The number of carbonyl (C=O) groups excluding carboxylic acids is 1. The average molecular weight is 340 g/mol. The van der Waals surface area contributed by atoms with Crippen LogP contribution in [-0.4, -0.2) is 28.4 Å². The van der Waals surface area contributed by atoms with Crippen molar-refractivity contribution in [3.63, 3.8) is 0 Å². The number of nitrogens with zero attached hydrogens (tertiary/aromatic N) is 2. The molecule has 0 atom stereocenters. The Morgan fingerprint density at radius 2 is 1.88 bits per heavy atom. The number of hydrogen-bond acceptors (Lipinski definition) is 2. The Bertz CT molecular complexity index is 702. The number of nitrogens with one attached hydrogen (secondary N) is 2. The minimum atomic E-state index is -0.0438. The van der Waals surface area contributed by atoms with E-state index in [4.69, 9.17) is 0 Å². The summed E-state index contributed by atoms with van der Waals surface area (Å²) in [6, 6.07) is 10.4. The minimum absolute atomic E-state index is 0.0438. The summed E-state index contributed by atoms with van der Waals surface area (Å²) in [6.45, 7) is 4.75. The normalized spacial score (nSPS) is 15.1. The van der Waals surface area contributed by atoms with E-state index in [0.29, 0.717) is 12.6 Å². The topological polar surface area (TPSA) is 59.0 Å². The third-order valence-corrected chi connectivity index (χ3v) is 5.04. The van der Waals surface area contributed by atoms with Crippen LogP contribution in [0.2, 0.25) is 0 Å². The maximum atomic E-state index is 12.1. The molecule has 1 fully saturated rings. The molecule has 1 saturated carbocycles. The third-order valence-electron chi connectivity index (χ3n) is 5.04. The smallest absolute Gasteiger partial charge is 0.315 e. The highest BCUT2D eigenvalue weighted by molar-refractivity contribution is 5.74. The Balaban J connectivity index is 1.55. The predicted molar refractivity (Wildman–Crippen MR) is 100 cm³/mol. The molecule has 0 spiro atoms. The average Bonchev–Trinajstić information content (AvgIpc) is 2.91. The van der Waals surface area contributed by atoms with Gasteiger partial charge in [-0.3, -0.25) is 0 Å². The van der Waals surface area contributed by atoms with Crippen LogP contribution in [0, 0.1) is 13.8 Å². The Hall–Kier alpha value is -2.30. The summed E-state index contributed by atoms with van der Waals surface area (Å²) in [6.07, 6.45) is 6.75. The molecule has 0 aliphatic heterocycles. The van der Waals surface area contributed by atoms with E-state index >= 15 is 0 Å². The highest BCUT2D eigenvalue weighted by Crippen LogP contribution is 2.18. The number of urea groups is 1. The molecule has 0 saturated heterocycles. The van der Waals surface area contributed by atoms with Gasteiger partial charge >= 0.3 is 6.03 Å². The molecule has 1 aliphatic rings. The summed E-state index contributed by atoms with van der Waals surface area (Å²) < 4.78 is 1.98. The summed E-state index contributed by atoms with van der Waals surface area (Å²) in [5.74, 6) is 0. The first-order valence-electron chi connectivity index (χ1n) is 9.30. The van der Waals surface area contributed by atoms with Crippen molar-refractivity contribution >= 4 is 6.03 Å². The van der Waals surface area contributed by atoms with E-state index in [9.17, 15) is 4.79 Å². The molecule has 0 unspecified atom stereocenters. The summed E-state index contributed by atoms with van der Waals surface area (Å²) >= 11 is 0. The molecule has 2 aromatic rings. The lowest BCUT2D eigenvalue weighted by molar-refractivity contribution is 0.233. The van der Waals surface area contributed by atoms with E-state index in [-0.39, 0.29) is 6.03 Å². The number of aromatic nitrogens is 2. The van der Waals surface area contributed by atoms with Crippen molar-refractivity contribution in [2.45, 2.75) is 58.4 Å². The van der Waals surface area contributed by atoms with Gasteiger partial charge in [0.25, 0.3) is 0 Å². The summed E-state index contributed by atoms with van der Waals surface area (Å²) in [5, 5.41) is 10.7. The van der Waals surface area contributed by atoms with Gasteiger partial charge in [0, 0.05) is 18.3 Å². The van der Waals surface area contributed by atoms with Crippen LogP contribution in [0.25, 0.3) is 5.69 Å². The molecule has 5 heteroatoms. The zero-order chi connectivity index (χ0) is 17.6. The first-order valence-corrected chi connectivity index (χ1v) is 9.30. The number of carbonyl (C=O) groups is 1. The summed E-state index contributed by atoms with van der Waals surface area (Å²) in [7, 11) is 0. The van der Waals surface area contributed by atoms with Gasteiger partial charge in [-0.2, -0.15) is 5.10 Å². The van der Waals surface area contributed by atoms with Crippen LogP contribution < -0.4 is 10.6 Å². The maximum absolute atomic E-state index is 12.1. The predicted octanol–water partition coefficient (Wildman–Crippen LogP) is 3.66. The van der Waals surface area contributed by atoms with Crippen LogP contribution in [0.4, 0.5) is 4.79 Å². The Labute approximate surface area is 149 Å². The molecule has 134 valence electrons. The molecule has 1 aromatic heterocycles. The second-order valence-electron chi connectivity index (χ2n) is 6.88. The lowest BCUT2D eigenvalue weighted by atomic mass is 9.96. The minimum Gasteiger partial charge on any atom is -0.338 e. The van der Waals surface area contributed by atoms with Crippen molar-refractivity contribution in [1.29, 1.82) is 0 Å². The second-order valence-corrected chi connectivity index (χ2v) is 6.88. The zero-order valence-corrected chi connectivity index (χ0v) is 15.2. The maximum Gasteiger partial charge on any atom is 0.315 e. The van der Waals surface area contributed by atoms with Crippen LogP contribution in [0.3, 0.4) is 0 Å². The Kier molecular flexibility index (Phi) is 5.74. The summed E-state index contributed by atoms with van der Waals surface area (Å²) in [5.41, 5.74) is 4.44. The summed E-state index contributed by atoms with van der Waals surface area (Å²) in [4.78, 5) is 12.1. The fourth-order valence-electron chi connectivity index (χ4n) is 3.64. The van der Waals surface area contributed by atoms with Gasteiger partial charge in [0.1, 0.15) is 0 Å². The molecule has 0 radical (unpaired) electrons. The van der Waals surface area contributed by atoms with Crippen molar-refractivity contribution in [1.82, 2.24) is 20.4 Å². The molecular formula is C20H28N4O.